The second-order valence-electron chi connectivity index (χ2n) is 9.50. The molecule has 0 aliphatic heterocycles. The highest BCUT2D eigenvalue weighted by molar-refractivity contribution is 9.09. The zero-order valence-electron chi connectivity index (χ0n) is 20.2. The minimum Gasteiger partial charge on any atom is -0.356 e. The van der Waals surface area contributed by atoms with Gasteiger partial charge in [0.25, 0.3) is 11.5 Å². The molecule has 0 unspecified atom stereocenters. The van der Waals surface area contributed by atoms with Crippen molar-refractivity contribution in [2.24, 2.45) is 0 Å². The lowest BCUT2D eigenvalue weighted by molar-refractivity contribution is 0.0950. The molecule has 35 heavy (non-hydrogen) atoms. The van der Waals surface area contributed by atoms with Gasteiger partial charge in [-0.05, 0) is 69.7 Å². The molecule has 3 aromatic rings. The van der Waals surface area contributed by atoms with Crippen LogP contribution >= 0.6 is 15.9 Å². The van der Waals surface area contributed by atoms with Crippen molar-refractivity contribution in [1.82, 2.24) is 14.9 Å². The first-order valence-corrected chi connectivity index (χ1v) is 12.9. The summed E-state index contributed by atoms with van der Waals surface area (Å²) in [4.78, 5) is 30.3. The maximum Gasteiger partial charge on any atom is 0.297 e. The van der Waals surface area contributed by atoms with E-state index in [-0.39, 0.29) is 28.9 Å². The predicted molar refractivity (Wildman–Crippen MR) is 140 cm³/mol. The molecule has 1 amide bonds. The summed E-state index contributed by atoms with van der Waals surface area (Å²) in [5.74, 6) is -0.725. The molecular formula is C27H30BrFN4O2. The highest BCUT2D eigenvalue weighted by Gasteiger charge is 2.27. The van der Waals surface area contributed by atoms with Gasteiger partial charge in [0, 0.05) is 34.9 Å². The number of hydrogen-bond donors (Lipinski definition) is 2. The van der Waals surface area contributed by atoms with E-state index in [2.05, 4.69) is 43.7 Å². The van der Waals surface area contributed by atoms with Gasteiger partial charge in [-0.1, -0.05) is 40.2 Å². The van der Waals surface area contributed by atoms with Gasteiger partial charge in [-0.2, -0.15) is 0 Å². The molecule has 0 radical (unpaired) electrons. The van der Waals surface area contributed by atoms with Crippen LogP contribution in [0.2, 0.25) is 0 Å². The van der Waals surface area contributed by atoms with Crippen LogP contribution in [0.25, 0.3) is 5.69 Å². The van der Waals surface area contributed by atoms with E-state index in [1.165, 1.54) is 28.6 Å². The fourth-order valence-electron chi connectivity index (χ4n) is 4.20. The number of aromatic nitrogens is 2. The molecule has 1 aliphatic carbocycles. The third kappa shape index (κ3) is 5.64. The van der Waals surface area contributed by atoms with E-state index in [4.69, 9.17) is 0 Å². The highest BCUT2D eigenvalue weighted by Crippen LogP contribution is 2.28. The topological polar surface area (TPSA) is 76.0 Å². The average molecular weight is 541 g/mol. The number of aryl methyl sites for hydroxylation is 1. The van der Waals surface area contributed by atoms with Gasteiger partial charge in [0.05, 0.1) is 11.2 Å². The monoisotopic (exact) mass is 540 g/mol. The highest BCUT2D eigenvalue weighted by atomic mass is 79.9. The van der Waals surface area contributed by atoms with Crippen LogP contribution in [0.3, 0.4) is 0 Å². The fourth-order valence-corrected chi connectivity index (χ4v) is 4.48. The Morgan fingerprint density at radius 1 is 1.26 bits per heavy atom. The molecule has 0 bridgehead atoms. The van der Waals surface area contributed by atoms with Gasteiger partial charge in [-0.25, -0.2) is 9.37 Å². The molecule has 0 saturated heterocycles. The number of anilines is 1. The van der Waals surface area contributed by atoms with Crippen molar-refractivity contribution < 1.29 is 9.18 Å². The number of alkyl halides is 1. The number of carbonyl (C=O) groups excluding carboxylic acids is 1. The summed E-state index contributed by atoms with van der Waals surface area (Å²) < 4.78 is 16.1. The van der Waals surface area contributed by atoms with E-state index in [0.29, 0.717) is 5.69 Å². The van der Waals surface area contributed by atoms with Crippen molar-refractivity contribution in [1.29, 1.82) is 0 Å². The largest absolute Gasteiger partial charge is 0.356 e. The quantitative estimate of drug-likeness (QED) is 0.363. The molecular weight excluding hydrogens is 511 g/mol. The zero-order valence-corrected chi connectivity index (χ0v) is 21.8. The predicted octanol–water partition coefficient (Wildman–Crippen LogP) is 5.25. The number of amides is 1. The Bertz CT molecular complexity index is 1300. The Balaban J connectivity index is 1.69. The number of nitrogens with zero attached hydrogens (tertiary/aromatic N) is 2. The van der Waals surface area contributed by atoms with E-state index in [1.807, 2.05) is 26.0 Å². The molecule has 1 saturated carbocycles. The first kappa shape index (κ1) is 25.1. The maximum atomic E-state index is 14.8. The summed E-state index contributed by atoms with van der Waals surface area (Å²) in [7, 11) is 0. The number of halogens is 2. The van der Waals surface area contributed by atoms with E-state index < -0.39 is 16.9 Å². The molecule has 6 nitrogen and oxygen atoms in total. The van der Waals surface area contributed by atoms with Crippen molar-refractivity contribution in [3.8, 4) is 5.69 Å². The minimum absolute atomic E-state index is 0.148. The standard InChI is InChI=1S/C27H30BrFN4O2/c1-17-22(29)15-19(25(34)31-20-10-11-20)16-23(17)33-14-13-30-24(26(33)35)32-27(2,3)21-9-5-4-7-18(21)8-6-12-28/h4-5,7,9,13-16,20H,6,8,10-12H2,1-3H3,(H,30,32)(H,31,34). The number of benzene rings is 2. The van der Waals surface area contributed by atoms with E-state index in [9.17, 15) is 14.0 Å². The van der Waals surface area contributed by atoms with E-state index in [1.54, 1.807) is 13.0 Å². The second kappa shape index (κ2) is 10.3. The summed E-state index contributed by atoms with van der Waals surface area (Å²) in [6.07, 6.45) is 6.77. The summed E-state index contributed by atoms with van der Waals surface area (Å²) in [5.41, 5.74) is 2.07. The van der Waals surface area contributed by atoms with Crippen LogP contribution in [0.5, 0.6) is 0 Å². The molecule has 1 aliphatic rings. The number of rotatable bonds is 9. The molecule has 4 rings (SSSR count). The smallest absolute Gasteiger partial charge is 0.297 e. The Labute approximate surface area is 213 Å². The van der Waals surface area contributed by atoms with Crippen LogP contribution in [0.15, 0.2) is 53.6 Å². The summed E-state index contributed by atoms with van der Waals surface area (Å²) in [5, 5.41) is 7.09. The lowest BCUT2D eigenvalue weighted by Gasteiger charge is -2.29. The average Bonchev–Trinajstić information content (AvgIpc) is 3.65. The fraction of sp³-hybridized carbons (Fsp3) is 0.370. The summed E-state index contributed by atoms with van der Waals surface area (Å²) in [6, 6.07) is 11.1. The van der Waals surface area contributed by atoms with Crippen LogP contribution < -0.4 is 16.2 Å². The summed E-state index contributed by atoms with van der Waals surface area (Å²) in [6.45, 7) is 5.61. The van der Waals surface area contributed by atoms with E-state index >= 15 is 0 Å². The Morgan fingerprint density at radius 2 is 2.00 bits per heavy atom. The van der Waals surface area contributed by atoms with Gasteiger partial charge >= 0.3 is 0 Å². The molecule has 1 fully saturated rings. The van der Waals surface area contributed by atoms with Crippen molar-refractivity contribution in [2.75, 3.05) is 10.6 Å². The third-order valence-corrected chi connectivity index (χ3v) is 6.85. The molecule has 184 valence electrons. The number of nitrogens with one attached hydrogen (secondary N) is 2. The summed E-state index contributed by atoms with van der Waals surface area (Å²) >= 11 is 3.49. The van der Waals surface area contributed by atoms with Crippen LogP contribution in [0.1, 0.15) is 60.2 Å². The van der Waals surface area contributed by atoms with Crippen molar-refractivity contribution in [2.45, 2.75) is 58.0 Å². The Hall–Kier alpha value is -3.00. The van der Waals surface area contributed by atoms with Gasteiger partial charge in [-0.3, -0.25) is 14.2 Å². The van der Waals surface area contributed by atoms with Gasteiger partial charge in [-0.15, -0.1) is 0 Å². The molecule has 0 spiro atoms. The number of carbonyl (C=O) groups is 1. The van der Waals surface area contributed by atoms with Gasteiger partial charge in [0.15, 0.2) is 5.82 Å². The minimum atomic E-state index is -0.583. The van der Waals surface area contributed by atoms with Crippen molar-refractivity contribution >= 4 is 27.7 Å². The van der Waals surface area contributed by atoms with E-state index in [0.717, 1.165) is 36.6 Å². The van der Waals surface area contributed by atoms with Crippen LogP contribution in [0, 0.1) is 12.7 Å². The zero-order chi connectivity index (χ0) is 25.2. The van der Waals surface area contributed by atoms with Gasteiger partial charge < -0.3 is 10.6 Å². The SMILES string of the molecule is Cc1c(F)cc(C(=O)NC2CC2)cc1-n1ccnc(NC(C)(C)c2ccccc2CCCBr)c1=O. The van der Waals surface area contributed by atoms with Crippen LogP contribution in [0.4, 0.5) is 10.2 Å². The van der Waals surface area contributed by atoms with Gasteiger partial charge in [0.1, 0.15) is 5.82 Å². The lowest BCUT2D eigenvalue weighted by Crippen LogP contribution is -2.34. The van der Waals surface area contributed by atoms with Crippen molar-refractivity contribution in [3.63, 3.8) is 0 Å². The van der Waals surface area contributed by atoms with Crippen molar-refractivity contribution in [3.05, 3.63) is 87.2 Å². The Morgan fingerprint density at radius 3 is 2.71 bits per heavy atom. The maximum absolute atomic E-state index is 14.8. The molecule has 0 atom stereocenters. The number of hydrogen-bond acceptors (Lipinski definition) is 4. The first-order valence-electron chi connectivity index (χ1n) is 11.8. The molecule has 8 heteroatoms. The van der Waals surface area contributed by atoms with Crippen LogP contribution in [-0.2, 0) is 12.0 Å². The molecule has 1 heterocycles. The Kier molecular flexibility index (Phi) is 7.40. The first-order chi connectivity index (χ1) is 16.7. The van der Waals surface area contributed by atoms with Crippen LogP contribution in [-0.4, -0.2) is 26.8 Å². The second-order valence-corrected chi connectivity index (χ2v) is 10.3. The molecule has 2 aromatic carbocycles. The third-order valence-electron chi connectivity index (χ3n) is 6.29. The molecule has 1 aromatic heterocycles. The normalized spacial score (nSPS) is 13.5. The van der Waals surface area contributed by atoms with Gasteiger partial charge in [0.2, 0.25) is 0 Å². The molecule has 2 N–H and O–H groups in total. The lowest BCUT2D eigenvalue weighted by atomic mass is 9.88.